The largest absolute Gasteiger partial charge is 0.394 e. The summed E-state index contributed by atoms with van der Waals surface area (Å²) in [6.07, 6.45) is 4.31. The SMILES string of the molecule is O=C(CCc1cccnc1)NC(CO)CO. The van der Waals surface area contributed by atoms with Crippen LogP contribution in [0.2, 0.25) is 0 Å². The van der Waals surface area contributed by atoms with Crippen molar-refractivity contribution in [1.82, 2.24) is 10.3 Å². The van der Waals surface area contributed by atoms with Crippen LogP contribution in [-0.2, 0) is 11.2 Å². The maximum atomic E-state index is 11.4. The number of aromatic nitrogens is 1. The zero-order valence-electron chi connectivity index (χ0n) is 8.97. The minimum Gasteiger partial charge on any atom is -0.394 e. The predicted molar refractivity (Wildman–Crippen MR) is 58.7 cm³/mol. The van der Waals surface area contributed by atoms with Crippen LogP contribution in [0, 0.1) is 0 Å². The summed E-state index contributed by atoms with van der Waals surface area (Å²) < 4.78 is 0. The number of hydrogen-bond donors (Lipinski definition) is 3. The highest BCUT2D eigenvalue weighted by atomic mass is 16.3. The lowest BCUT2D eigenvalue weighted by molar-refractivity contribution is -0.122. The molecule has 0 aliphatic carbocycles. The van der Waals surface area contributed by atoms with E-state index < -0.39 is 6.04 Å². The van der Waals surface area contributed by atoms with Gasteiger partial charge in [0.15, 0.2) is 0 Å². The zero-order valence-corrected chi connectivity index (χ0v) is 8.97. The summed E-state index contributed by atoms with van der Waals surface area (Å²) in [5.74, 6) is -0.183. The number of aliphatic hydroxyl groups excluding tert-OH is 2. The second kappa shape index (κ2) is 6.92. The van der Waals surface area contributed by atoms with E-state index in [1.807, 2.05) is 12.1 Å². The number of rotatable bonds is 6. The number of aliphatic hydroxyl groups is 2. The standard InChI is InChI=1S/C11H16N2O3/c14-7-10(8-15)13-11(16)4-3-9-2-1-5-12-6-9/h1-2,5-6,10,14-15H,3-4,7-8H2,(H,13,16). The summed E-state index contributed by atoms with van der Waals surface area (Å²) in [6.45, 7) is -0.510. The maximum Gasteiger partial charge on any atom is 0.220 e. The predicted octanol–water partition coefficient (Wildman–Crippen LogP) is -0.516. The van der Waals surface area contributed by atoms with Crippen molar-refractivity contribution in [3.05, 3.63) is 30.1 Å². The Bertz CT molecular complexity index is 312. The van der Waals surface area contributed by atoms with Crippen LogP contribution < -0.4 is 5.32 Å². The minimum absolute atomic E-state index is 0.183. The Labute approximate surface area is 94.1 Å². The van der Waals surface area contributed by atoms with Crippen molar-refractivity contribution in [2.45, 2.75) is 18.9 Å². The van der Waals surface area contributed by atoms with Gasteiger partial charge in [-0.25, -0.2) is 0 Å². The maximum absolute atomic E-state index is 11.4. The number of amides is 1. The van der Waals surface area contributed by atoms with Crippen LogP contribution in [-0.4, -0.2) is 40.4 Å². The Morgan fingerprint density at radius 2 is 2.19 bits per heavy atom. The van der Waals surface area contributed by atoms with Gasteiger partial charge in [0.05, 0.1) is 19.3 Å². The van der Waals surface area contributed by atoms with Gasteiger partial charge in [-0.1, -0.05) is 6.07 Å². The Balaban J connectivity index is 2.30. The second-order valence-corrected chi connectivity index (χ2v) is 3.49. The van der Waals surface area contributed by atoms with E-state index in [0.717, 1.165) is 5.56 Å². The van der Waals surface area contributed by atoms with Crippen molar-refractivity contribution in [1.29, 1.82) is 0 Å². The van der Waals surface area contributed by atoms with Gasteiger partial charge >= 0.3 is 0 Å². The fraction of sp³-hybridized carbons (Fsp3) is 0.455. The minimum atomic E-state index is -0.568. The number of nitrogens with one attached hydrogen (secondary N) is 1. The van der Waals surface area contributed by atoms with Crippen LogP contribution in [0.4, 0.5) is 0 Å². The van der Waals surface area contributed by atoms with E-state index in [2.05, 4.69) is 10.3 Å². The lowest BCUT2D eigenvalue weighted by Gasteiger charge is -2.12. The summed E-state index contributed by atoms with van der Waals surface area (Å²) >= 11 is 0. The van der Waals surface area contributed by atoms with Crippen molar-refractivity contribution in [2.24, 2.45) is 0 Å². The smallest absolute Gasteiger partial charge is 0.220 e. The van der Waals surface area contributed by atoms with E-state index in [1.165, 1.54) is 0 Å². The molecule has 0 saturated heterocycles. The summed E-state index contributed by atoms with van der Waals surface area (Å²) in [5.41, 5.74) is 0.988. The molecule has 5 nitrogen and oxygen atoms in total. The van der Waals surface area contributed by atoms with E-state index in [1.54, 1.807) is 12.4 Å². The molecule has 1 rings (SSSR count). The van der Waals surface area contributed by atoms with Crippen LogP contribution in [0.5, 0.6) is 0 Å². The molecule has 0 atom stereocenters. The van der Waals surface area contributed by atoms with Gasteiger partial charge < -0.3 is 15.5 Å². The fourth-order valence-corrected chi connectivity index (χ4v) is 1.25. The molecule has 1 aromatic heterocycles. The van der Waals surface area contributed by atoms with Gasteiger partial charge in [0.25, 0.3) is 0 Å². The van der Waals surface area contributed by atoms with E-state index in [9.17, 15) is 4.79 Å². The number of aryl methyl sites for hydroxylation is 1. The molecule has 1 aromatic rings. The molecular weight excluding hydrogens is 208 g/mol. The molecule has 0 unspecified atom stereocenters. The third-order valence-corrected chi connectivity index (χ3v) is 2.17. The first-order chi connectivity index (χ1) is 7.76. The number of pyridine rings is 1. The summed E-state index contributed by atoms with van der Waals surface area (Å²) in [6, 6.07) is 3.15. The Hall–Kier alpha value is -1.46. The van der Waals surface area contributed by atoms with E-state index in [4.69, 9.17) is 10.2 Å². The average Bonchev–Trinajstić information content (AvgIpc) is 2.34. The molecule has 0 fully saturated rings. The summed E-state index contributed by atoms with van der Waals surface area (Å²) in [4.78, 5) is 15.3. The number of carbonyl (C=O) groups excluding carboxylic acids is 1. The third kappa shape index (κ3) is 4.37. The lowest BCUT2D eigenvalue weighted by Crippen LogP contribution is -2.40. The molecule has 0 spiro atoms. The Kier molecular flexibility index (Phi) is 5.45. The van der Waals surface area contributed by atoms with Crippen LogP contribution in [0.1, 0.15) is 12.0 Å². The van der Waals surface area contributed by atoms with E-state index >= 15 is 0 Å². The van der Waals surface area contributed by atoms with Crippen LogP contribution in [0.15, 0.2) is 24.5 Å². The normalized spacial score (nSPS) is 10.4. The number of nitrogens with zero attached hydrogens (tertiary/aromatic N) is 1. The highest BCUT2D eigenvalue weighted by Gasteiger charge is 2.09. The zero-order chi connectivity index (χ0) is 11.8. The topological polar surface area (TPSA) is 82.5 Å². The first kappa shape index (κ1) is 12.6. The van der Waals surface area contributed by atoms with Crippen LogP contribution >= 0.6 is 0 Å². The van der Waals surface area contributed by atoms with E-state index in [0.29, 0.717) is 12.8 Å². The first-order valence-corrected chi connectivity index (χ1v) is 5.16. The van der Waals surface area contributed by atoms with Gasteiger partial charge in [-0.15, -0.1) is 0 Å². The van der Waals surface area contributed by atoms with Crippen molar-refractivity contribution in [2.75, 3.05) is 13.2 Å². The van der Waals surface area contributed by atoms with Gasteiger partial charge in [0, 0.05) is 18.8 Å². The third-order valence-electron chi connectivity index (χ3n) is 2.17. The summed E-state index contributed by atoms with van der Waals surface area (Å²) in [5, 5.41) is 20.1. The Morgan fingerprint density at radius 1 is 1.44 bits per heavy atom. The number of hydrogen-bond acceptors (Lipinski definition) is 4. The molecule has 0 aliphatic heterocycles. The molecule has 5 heteroatoms. The van der Waals surface area contributed by atoms with Crippen LogP contribution in [0.3, 0.4) is 0 Å². The van der Waals surface area contributed by atoms with Crippen LogP contribution in [0.25, 0.3) is 0 Å². The highest BCUT2D eigenvalue weighted by molar-refractivity contribution is 5.76. The second-order valence-electron chi connectivity index (χ2n) is 3.49. The number of carbonyl (C=O) groups is 1. The first-order valence-electron chi connectivity index (χ1n) is 5.16. The average molecular weight is 224 g/mol. The monoisotopic (exact) mass is 224 g/mol. The van der Waals surface area contributed by atoms with Gasteiger partial charge in [0.2, 0.25) is 5.91 Å². The van der Waals surface area contributed by atoms with Crippen molar-refractivity contribution < 1.29 is 15.0 Å². The van der Waals surface area contributed by atoms with Gasteiger partial charge in [-0.05, 0) is 18.1 Å². The molecule has 0 aromatic carbocycles. The van der Waals surface area contributed by atoms with Gasteiger partial charge in [0.1, 0.15) is 0 Å². The van der Waals surface area contributed by atoms with Crippen molar-refractivity contribution in [3.8, 4) is 0 Å². The molecule has 0 radical (unpaired) electrons. The molecular formula is C11H16N2O3. The van der Waals surface area contributed by atoms with Crippen molar-refractivity contribution in [3.63, 3.8) is 0 Å². The lowest BCUT2D eigenvalue weighted by atomic mass is 10.1. The summed E-state index contributed by atoms with van der Waals surface area (Å²) in [7, 11) is 0. The van der Waals surface area contributed by atoms with Crippen molar-refractivity contribution >= 4 is 5.91 Å². The Morgan fingerprint density at radius 3 is 2.75 bits per heavy atom. The molecule has 16 heavy (non-hydrogen) atoms. The molecule has 3 N–H and O–H groups in total. The van der Waals surface area contributed by atoms with Gasteiger partial charge in [-0.2, -0.15) is 0 Å². The molecule has 0 saturated carbocycles. The molecule has 0 aliphatic rings. The molecule has 1 heterocycles. The fourth-order valence-electron chi connectivity index (χ4n) is 1.25. The van der Waals surface area contributed by atoms with E-state index in [-0.39, 0.29) is 19.1 Å². The molecule has 88 valence electrons. The highest BCUT2D eigenvalue weighted by Crippen LogP contribution is 2.00. The molecule has 0 bridgehead atoms. The quantitative estimate of drug-likeness (QED) is 0.607. The molecule has 1 amide bonds. The van der Waals surface area contributed by atoms with Gasteiger partial charge in [-0.3, -0.25) is 9.78 Å².